The van der Waals surface area contributed by atoms with Gasteiger partial charge < -0.3 is 33.5 Å². The van der Waals surface area contributed by atoms with Crippen LogP contribution in [0.15, 0.2) is 0 Å². The molecule has 30 heavy (non-hydrogen) atoms. The number of hydrogen-bond acceptors (Lipinski definition) is 8. The van der Waals surface area contributed by atoms with E-state index in [2.05, 4.69) is 0 Å². The summed E-state index contributed by atoms with van der Waals surface area (Å²) >= 11 is 0. The van der Waals surface area contributed by atoms with Gasteiger partial charge in [-0.1, -0.05) is 0 Å². The Morgan fingerprint density at radius 3 is 1.37 bits per heavy atom. The third-order valence-corrected chi connectivity index (χ3v) is 4.26. The molecule has 0 saturated heterocycles. The van der Waals surface area contributed by atoms with E-state index >= 15 is 0 Å². The summed E-state index contributed by atoms with van der Waals surface area (Å²) in [5.41, 5.74) is 0. The van der Waals surface area contributed by atoms with Crippen LogP contribution < -0.4 is 0 Å². The van der Waals surface area contributed by atoms with Gasteiger partial charge >= 0.3 is 5.97 Å². The van der Waals surface area contributed by atoms with Gasteiger partial charge in [-0.3, -0.25) is 14.4 Å². The maximum absolute atomic E-state index is 12.6. The second-order valence-electron chi connectivity index (χ2n) is 6.66. The minimum atomic E-state index is -0.480. The van der Waals surface area contributed by atoms with Crippen LogP contribution >= 0.6 is 0 Å². The van der Waals surface area contributed by atoms with Gasteiger partial charge in [-0.2, -0.15) is 0 Å². The van der Waals surface area contributed by atoms with Crippen LogP contribution in [0, 0.1) is 0 Å². The van der Waals surface area contributed by atoms with E-state index in [1.54, 1.807) is 19.1 Å². The smallest absolute Gasteiger partial charge is 0.306 e. The summed E-state index contributed by atoms with van der Waals surface area (Å²) < 4.78 is 20.1. The maximum atomic E-state index is 12.6. The van der Waals surface area contributed by atoms with Gasteiger partial charge in [-0.15, -0.1) is 0 Å². The summed E-state index contributed by atoms with van der Waals surface area (Å²) in [5.74, 6) is -0.941. The fourth-order valence-electron chi connectivity index (χ4n) is 2.48. The van der Waals surface area contributed by atoms with Gasteiger partial charge in [-0.25, -0.2) is 0 Å². The zero-order chi connectivity index (χ0) is 22.8. The fourth-order valence-corrected chi connectivity index (χ4v) is 2.48. The van der Waals surface area contributed by atoms with Gasteiger partial charge in [0, 0.05) is 60.2 Å². The number of nitrogens with zero attached hydrogens (tertiary/aromatic N) is 2. The Morgan fingerprint density at radius 2 is 1.00 bits per heavy atom. The Bertz CT molecular complexity index is 519. The number of carbonyl (C=O) groups excluding carboxylic acids is 4. The van der Waals surface area contributed by atoms with Crippen molar-refractivity contribution in [1.29, 1.82) is 0 Å². The van der Waals surface area contributed by atoms with Gasteiger partial charge in [0.15, 0.2) is 0 Å². The van der Waals surface area contributed by atoms with Crippen LogP contribution in [0.5, 0.6) is 0 Å². The van der Waals surface area contributed by atoms with Crippen LogP contribution in [0.25, 0.3) is 0 Å². The van der Waals surface area contributed by atoms with Crippen molar-refractivity contribution in [3.8, 4) is 0 Å². The largest absolute Gasteiger partial charge is 0.464 e. The number of Topliss-reactive ketones (excluding diaryl/α,β-unsaturated/α-hetero) is 1. The lowest BCUT2D eigenvalue weighted by Crippen LogP contribution is -2.39. The summed E-state index contributed by atoms with van der Waals surface area (Å²) in [6.07, 6.45) is 0.260. The summed E-state index contributed by atoms with van der Waals surface area (Å²) in [6, 6.07) is 0. The molecular weight excluding hydrogens is 396 g/mol. The Hall–Kier alpha value is -2.04. The first-order valence-corrected chi connectivity index (χ1v) is 10.0. The highest BCUT2D eigenvalue weighted by Crippen LogP contribution is 2.04. The molecule has 174 valence electrons. The molecule has 0 rings (SSSR count). The molecule has 10 heteroatoms. The van der Waals surface area contributed by atoms with Crippen molar-refractivity contribution in [2.45, 2.75) is 32.6 Å². The molecule has 0 radical (unpaired) electrons. The van der Waals surface area contributed by atoms with Crippen molar-refractivity contribution in [2.24, 2.45) is 0 Å². The Balaban J connectivity index is 4.56. The minimum absolute atomic E-state index is 0.0218. The Kier molecular flexibility index (Phi) is 16.6. The molecule has 0 N–H and O–H groups in total. The molecule has 0 heterocycles. The first-order valence-electron chi connectivity index (χ1n) is 10.0. The van der Waals surface area contributed by atoms with Gasteiger partial charge in [0.2, 0.25) is 11.8 Å². The van der Waals surface area contributed by atoms with Crippen molar-refractivity contribution in [3.63, 3.8) is 0 Å². The number of ketones is 1. The molecule has 0 aliphatic carbocycles. The summed E-state index contributed by atoms with van der Waals surface area (Å²) in [7, 11) is 4.64. The number of rotatable bonds is 18. The lowest BCUT2D eigenvalue weighted by molar-refractivity contribution is -0.147. The number of esters is 1. The molecule has 0 aromatic carbocycles. The Morgan fingerprint density at radius 1 is 0.600 bits per heavy atom. The van der Waals surface area contributed by atoms with Crippen LogP contribution in [0.1, 0.15) is 32.6 Å². The van der Waals surface area contributed by atoms with Gasteiger partial charge in [-0.05, 0) is 6.92 Å². The average Bonchev–Trinajstić information content (AvgIpc) is 2.72. The molecule has 0 bridgehead atoms. The molecule has 2 amide bonds. The van der Waals surface area contributed by atoms with E-state index in [0.717, 1.165) is 0 Å². The third kappa shape index (κ3) is 14.0. The molecule has 0 aromatic rings. The summed E-state index contributed by atoms with van der Waals surface area (Å²) in [6.45, 7) is 3.93. The van der Waals surface area contributed by atoms with Crippen molar-refractivity contribution in [1.82, 2.24) is 9.80 Å². The quantitative estimate of drug-likeness (QED) is 0.284. The van der Waals surface area contributed by atoms with E-state index in [1.165, 1.54) is 18.9 Å². The topological polar surface area (TPSA) is 112 Å². The number of amides is 2. The van der Waals surface area contributed by atoms with E-state index in [0.29, 0.717) is 39.5 Å². The van der Waals surface area contributed by atoms with Gasteiger partial charge in [0.25, 0.3) is 0 Å². The molecule has 0 saturated carbocycles. The van der Waals surface area contributed by atoms with Crippen LogP contribution in [-0.2, 0) is 38.1 Å². The van der Waals surface area contributed by atoms with E-state index in [1.807, 2.05) is 0 Å². The highest BCUT2D eigenvalue weighted by molar-refractivity contribution is 5.84. The average molecular weight is 433 g/mol. The van der Waals surface area contributed by atoms with Crippen molar-refractivity contribution < 1.29 is 38.1 Å². The second-order valence-corrected chi connectivity index (χ2v) is 6.66. The summed E-state index contributed by atoms with van der Waals surface area (Å²) in [4.78, 5) is 50.6. The van der Waals surface area contributed by atoms with Gasteiger partial charge in [0.1, 0.15) is 12.4 Å². The van der Waals surface area contributed by atoms with Crippen molar-refractivity contribution in [2.75, 3.05) is 73.9 Å². The monoisotopic (exact) mass is 432 g/mol. The lowest BCUT2D eigenvalue weighted by atomic mass is 10.2. The highest BCUT2D eigenvalue weighted by atomic mass is 16.5. The number of methoxy groups -OCH3 is 3. The predicted molar refractivity (Wildman–Crippen MR) is 109 cm³/mol. The second kappa shape index (κ2) is 17.8. The number of carbonyl (C=O) groups is 4. The summed E-state index contributed by atoms with van der Waals surface area (Å²) in [5, 5.41) is 0. The first kappa shape index (κ1) is 28.0. The highest BCUT2D eigenvalue weighted by Gasteiger charge is 2.19. The molecule has 0 aromatic heterocycles. The van der Waals surface area contributed by atoms with Crippen LogP contribution in [0.4, 0.5) is 0 Å². The molecule has 0 aliphatic heterocycles. The van der Waals surface area contributed by atoms with E-state index in [-0.39, 0.29) is 56.4 Å². The zero-order valence-corrected chi connectivity index (χ0v) is 18.6. The molecule has 0 unspecified atom stereocenters. The number of ether oxygens (including phenoxy) is 4. The van der Waals surface area contributed by atoms with E-state index in [9.17, 15) is 19.2 Å². The third-order valence-electron chi connectivity index (χ3n) is 4.26. The first-order chi connectivity index (χ1) is 14.3. The molecule has 0 spiro atoms. The van der Waals surface area contributed by atoms with E-state index in [4.69, 9.17) is 18.9 Å². The molecule has 10 nitrogen and oxygen atoms in total. The maximum Gasteiger partial charge on any atom is 0.306 e. The molecule has 0 fully saturated rings. The van der Waals surface area contributed by atoms with Crippen molar-refractivity contribution >= 4 is 23.6 Å². The van der Waals surface area contributed by atoms with Crippen LogP contribution in [0.2, 0.25) is 0 Å². The fraction of sp³-hybridized carbons (Fsp3) is 0.800. The number of hydrogen-bond donors (Lipinski definition) is 0. The molecule has 0 aliphatic rings. The zero-order valence-electron chi connectivity index (χ0n) is 18.6. The predicted octanol–water partition coefficient (Wildman–Crippen LogP) is 0.275. The van der Waals surface area contributed by atoms with E-state index < -0.39 is 5.97 Å². The standard InChI is InChI=1S/C20H36N2O8/c1-17(23)5-8-20(26)30-16-12-22(11-15-29-4)19(25)7-6-18(24)21(9-13-27-2)10-14-28-3/h5-16H2,1-4H3. The van der Waals surface area contributed by atoms with Gasteiger partial charge in [0.05, 0.1) is 32.8 Å². The van der Waals surface area contributed by atoms with Crippen LogP contribution in [-0.4, -0.2) is 107 Å². The molecular formula is C20H36N2O8. The molecule has 0 atom stereocenters. The van der Waals surface area contributed by atoms with Crippen LogP contribution in [0.3, 0.4) is 0 Å². The SMILES string of the molecule is COCCN(CCOC)C(=O)CCC(=O)N(CCOC)CCOC(=O)CCC(C)=O. The minimum Gasteiger partial charge on any atom is -0.464 e. The normalized spacial score (nSPS) is 10.5. The van der Waals surface area contributed by atoms with Crippen molar-refractivity contribution in [3.05, 3.63) is 0 Å². The Labute approximate surface area is 178 Å². The lowest BCUT2D eigenvalue weighted by Gasteiger charge is -2.24.